The van der Waals surface area contributed by atoms with Gasteiger partial charge in [0.1, 0.15) is 5.54 Å². The molecule has 1 N–H and O–H groups in total. The summed E-state index contributed by atoms with van der Waals surface area (Å²) in [6.07, 6.45) is 0.572. The van der Waals surface area contributed by atoms with Crippen molar-refractivity contribution in [2.75, 3.05) is 6.54 Å². The van der Waals surface area contributed by atoms with E-state index in [1.54, 1.807) is 0 Å². The van der Waals surface area contributed by atoms with Crippen molar-refractivity contribution >= 4 is 0 Å². The monoisotopic (exact) mass is 196 g/mol. The van der Waals surface area contributed by atoms with Gasteiger partial charge in [0, 0.05) is 0 Å². The molecule has 0 aromatic rings. The van der Waals surface area contributed by atoms with Crippen LogP contribution in [-0.2, 0) is 0 Å². The number of nitrogens with one attached hydrogen (secondary N) is 1. The predicted molar refractivity (Wildman–Crippen MR) is 54.0 cm³/mol. The predicted octanol–water partition coefficient (Wildman–Crippen LogP) is 0.154. The van der Waals surface area contributed by atoms with Crippen LogP contribution in [0.5, 0.6) is 0 Å². The zero-order chi connectivity index (χ0) is 10.3. The first-order valence-corrected chi connectivity index (χ1v) is 5.55. The van der Waals surface area contributed by atoms with E-state index < -0.39 is 0 Å². The smallest absolute Gasteiger partial charge is 0.156 e. The Kier molecular flexibility index (Phi) is 1.41. The Balaban J connectivity index is 1.77. The van der Waals surface area contributed by atoms with E-state index in [1.165, 1.54) is 11.6 Å². The topological polar surface area (TPSA) is 24.6 Å². The van der Waals surface area contributed by atoms with Crippen LogP contribution in [0.25, 0.3) is 5.53 Å². The molecule has 3 aliphatic rings. The third-order valence-electron chi connectivity index (χ3n) is 4.46. The van der Waals surface area contributed by atoms with Gasteiger partial charge in [0.2, 0.25) is 0 Å². The maximum absolute atomic E-state index is 4.73. The number of hydrazine groups is 1. The Morgan fingerprint density at radius 2 is 2.00 bits per heavy atom. The molecule has 4 heteroatoms. The highest BCUT2D eigenvalue weighted by Gasteiger charge is 2.74. The summed E-state index contributed by atoms with van der Waals surface area (Å²) in [5.41, 5.74) is 5.42. The molecule has 0 aromatic carbocycles. The quantitative estimate of drug-likeness (QED) is 0.604. The first-order chi connectivity index (χ1) is 6.39. The molecule has 4 nitrogen and oxygen atoms in total. The Bertz CT molecular complexity index is 288. The number of fused-ring (bicyclic) bond motifs is 2. The molecule has 5 atom stereocenters. The van der Waals surface area contributed by atoms with Crippen LogP contribution in [0, 0.1) is 5.92 Å². The molecule has 80 valence electrons. The summed E-state index contributed by atoms with van der Waals surface area (Å²) in [5.74, 6) is 0.684. The number of hydrogen-bond acceptors (Lipinski definition) is 2. The lowest BCUT2D eigenvalue weighted by atomic mass is 9.98. The van der Waals surface area contributed by atoms with Crippen molar-refractivity contribution in [3.05, 3.63) is 5.53 Å². The molecule has 0 spiro atoms. The van der Waals surface area contributed by atoms with Crippen molar-refractivity contribution in [1.82, 2.24) is 10.1 Å². The van der Waals surface area contributed by atoms with Crippen LogP contribution in [0.4, 0.5) is 0 Å². The summed E-state index contributed by atoms with van der Waals surface area (Å²) in [7, 11) is 0. The highest BCUT2D eigenvalue weighted by atomic mass is 16.1. The van der Waals surface area contributed by atoms with Crippen molar-refractivity contribution < 1.29 is 5.01 Å². The highest BCUT2D eigenvalue weighted by Crippen LogP contribution is 2.45. The molecule has 0 saturated carbocycles. The molecule has 0 amide bonds. The molecule has 3 heterocycles. The van der Waals surface area contributed by atoms with E-state index in [4.69, 9.17) is 5.53 Å². The minimum absolute atomic E-state index is 0.335. The fourth-order valence-electron chi connectivity index (χ4n) is 2.93. The van der Waals surface area contributed by atoms with E-state index in [2.05, 4.69) is 44.7 Å². The summed E-state index contributed by atoms with van der Waals surface area (Å²) in [6.45, 7) is 12.7. The van der Waals surface area contributed by atoms with Gasteiger partial charge >= 0.3 is 0 Å². The van der Waals surface area contributed by atoms with Gasteiger partial charge in [-0.2, -0.15) is 0 Å². The number of quaternary nitrogens is 1. The van der Waals surface area contributed by atoms with Crippen LogP contribution in [0.3, 0.4) is 0 Å². The minimum Gasteiger partial charge on any atom is -0.370 e. The van der Waals surface area contributed by atoms with Crippen LogP contribution in [0.1, 0.15) is 34.6 Å². The molecule has 14 heavy (non-hydrogen) atoms. The van der Waals surface area contributed by atoms with Crippen LogP contribution in [-0.4, -0.2) is 33.9 Å². The fourth-order valence-corrected chi connectivity index (χ4v) is 2.93. The lowest BCUT2D eigenvalue weighted by molar-refractivity contribution is -0.791. The second-order valence-corrected chi connectivity index (χ2v) is 5.98. The molecule has 3 saturated heterocycles. The summed E-state index contributed by atoms with van der Waals surface area (Å²) >= 11 is 0. The van der Waals surface area contributed by atoms with Gasteiger partial charge in [0.25, 0.3) is 0 Å². The van der Waals surface area contributed by atoms with Crippen molar-refractivity contribution in [3.63, 3.8) is 0 Å². The van der Waals surface area contributed by atoms with E-state index in [1.807, 2.05) is 0 Å². The van der Waals surface area contributed by atoms with Crippen LogP contribution < -0.4 is 5.01 Å². The van der Waals surface area contributed by atoms with E-state index in [0.29, 0.717) is 23.2 Å². The Labute approximate surface area is 85.7 Å². The first-order valence-electron chi connectivity index (χ1n) is 5.55. The summed E-state index contributed by atoms with van der Waals surface area (Å²) in [6, 6.07) is 0. The average Bonchev–Trinajstić information content (AvgIpc) is 2.84. The second-order valence-electron chi connectivity index (χ2n) is 5.98. The number of hydrogen-bond donors (Lipinski definition) is 1. The van der Waals surface area contributed by atoms with Gasteiger partial charge in [-0.05, 0) is 26.7 Å². The van der Waals surface area contributed by atoms with Crippen molar-refractivity contribution in [3.8, 4) is 0 Å². The first kappa shape index (κ1) is 9.09. The zero-order valence-corrected chi connectivity index (χ0v) is 9.70. The standard InChI is InChI=1S/C10H20N4/c1-7(2)8-12-6-10(5)9(3,4)14(10)11-13(8)12/h7-8,14H,6H2,1-5H3. The normalized spacial score (nSPS) is 57.9. The Morgan fingerprint density at radius 3 is 2.50 bits per heavy atom. The minimum atomic E-state index is 0.335. The third-order valence-corrected chi connectivity index (χ3v) is 4.46. The molecule has 5 unspecified atom stereocenters. The number of nitrogens with zero attached hydrogens (tertiary/aromatic N) is 3. The van der Waals surface area contributed by atoms with E-state index in [-0.39, 0.29) is 0 Å². The van der Waals surface area contributed by atoms with Crippen LogP contribution in [0.2, 0.25) is 0 Å². The molecular formula is C10H20N4. The molecular weight excluding hydrogens is 176 g/mol. The van der Waals surface area contributed by atoms with Crippen molar-refractivity contribution in [2.24, 2.45) is 5.92 Å². The zero-order valence-electron chi connectivity index (χ0n) is 9.70. The van der Waals surface area contributed by atoms with Crippen LogP contribution >= 0.6 is 0 Å². The van der Waals surface area contributed by atoms with Crippen molar-refractivity contribution in [2.45, 2.75) is 51.9 Å². The van der Waals surface area contributed by atoms with Crippen molar-refractivity contribution in [1.29, 1.82) is 0 Å². The molecule has 0 radical (unpaired) electrons. The summed E-state index contributed by atoms with van der Waals surface area (Å²) in [5, 5.41) is 5.99. The summed E-state index contributed by atoms with van der Waals surface area (Å²) in [4.78, 5) is 0. The van der Waals surface area contributed by atoms with Crippen LogP contribution in [0.15, 0.2) is 0 Å². The SMILES string of the molecule is CC(C)C1N2CC3(C)[NH+]([N-]N12)C3(C)C. The lowest BCUT2D eigenvalue weighted by Crippen LogP contribution is -2.97. The molecule has 3 rings (SSSR count). The van der Waals surface area contributed by atoms with Gasteiger partial charge in [-0.15, -0.1) is 0 Å². The van der Waals surface area contributed by atoms with E-state index in [0.717, 1.165) is 0 Å². The summed E-state index contributed by atoms with van der Waals surface area (Å²) < 4.78 is 0. The molecule has 3 aliphatic heterocycles. The van der Waals surface area contributed by atoms with Gasteiger partial charge in [-0.25, -0.2) is 5.01 Å². The average molecular weight is 196 g/mol. The fraction of sp³-hybridized carbons (Fsp3) is 1.00. The Hall–Kier alpha value is -0.160. The third kappa shape index (κ3) is 0.795. The largest absolute Gasteiger partial charge is 0.370 e. The maximum atomic E-state index is 4.73. The number of rotatable bonds is 1. The van der Waals surface area contributed by atoms with Gasteiger partial charge < -0.3 is 10.5 Å². The Morgan fingerprint density at radius 1 is 1.36 bits per heavy atom. The molecule has 0 aromatic heterocycles. The van der Waals surface area contributed by atoms with Gasteiger partial charge in [-0.3, -0.25) is 5.12 Å². The van der Waals surface area contributed by atoms with Gasteiger partial charge in [-0.1, -0.05) is 13.8 Å². The lowest BCUT2D eigenvalue weighted by Gasteiger charge is -2.27. The van der Waals surface area contributed by atoms with Gasteiger partial charge in [0.05, 0.1) is 12.7 Å². The maximum Gasteiger partial charge on any atom is 0.156 e. The second kappa shape index (κ2) is 2.16. The molecule has 0 aliphatic carbocycles. The van der Waals surface area contributed by atoms with E-state index in [9.17, 15) is 0 Å². The van der Waals surface area contributed by atoms with Gasteiger partial charge in [0.15, 0.2) is 5.54 Å². The molecule has 0 bridgehead atoms. The van der Waals surface area contributed by atoms with E-state index >= 15 is 0 Å². The highest BCUT2D eigenvalue weighted by molar-refractivity contribution is 5.13. The molecule has 3 fully saturated rings.